The van der Waals surface area contributed by atoms with Crippen LogP contribution in [0.1, 0.15) is 26.3 Å². The summed E-state index contributed by atoms with van der Waals surface area (Å²) in [5.74, 6) is -0.394. The molecule has 0 atom stereocenters. The lowest BCUT2D eigenvalue weighted by atomic mass is 10.1. The van der Waals surface area contributed by atoms with Crippen molar-refractivity contribution in [3.8, 4) is 6.07 Å². The third-order valence-electron chi connectivity index (χ3n) is 3.24. The van der Waals surface area contributed by atoms with E-state index in [0.29, 0.717) is 5.58 Å². The lowest BCUT2D eigenvalue weighted by Gasteiger charge is -2.20. The summed E-state index contributed by atoms with van der Waals surface area (Å²) < 4.78 is 5.64. The van der Waals surface area contributed by atoms with Gasteiger partial charge in [0.15, 0.2) is 0 Å². The van der Waals surface area contributed by atoms with Crippen molar-refractivity contribution >= 4 is 22.6 Å². The fourth-order valence-electron chi connectivity index (χ4n) is 2.20. The van der Waals surface area contributed by atoms with Gasteiger partial charge in [-0.05, 0) is 32.0 Å². The van der Waals surface area contributed by atoms with Gasteiger partial charge in [-0.15, -0.1) is 0 Å². The van der Waals surface area contributed by atoms with Crippen molar-refractivity contribution in [3.63, 3.8) is 0 Å². The maximum Gasteiger partial charge on any atom is 0.245 e. The van der Waals surface area contributed by atoms with Crippen LogP contribution in [0.15, 0.2) is 33.7 Å². The van der Waals surface area contributed by atoms with Crippen LogP contribution in [0.5, 0.6) is 0 Å². The molecular weight excluding hydrogens is 266 g/mol. The summed E-state index contributed by atoms with van der Waals surface area (Å²) in [5.41, 5.74) is 1.97. The van der Waals surface area contributed by atoms with Gasteiger partial charge in [0.25, 0.3) is 0 Å². The Bertz CT molecular complexity index is 780. The van der Waals surface area contributed by atoms with Gasteiger partial charge in [-0.2, -0.15) is 10.3 Å². The third-order valence-corrected chi connectivity index (χ3v) is 3.24. The van der Waals surface area contributed by atoms with Gasteiger partial charge in [-0.25, -0.2) is 0 Å². The number of hydrogen-bond acceptors (Lipinski definition) is 4. The predicted octanol–water partition coefficient (Wildman–Crippen LogP) is 2.60. The number of hydrogen-bond donors (Lipinski definition) is 0. The van der Waals surface area contributed by atoms with Crippen LogP contribution in [0.25, 0.3) is 11.0 Å². The van der Waals surface area contributed by atoms with Crippen LogP contribution in [0.2, 0.25) is 0 Å². The number of amides is 1. The molecule has 0 radical (unpaired) electrons. The van der Waals surface area contributed by atoms with E-state index >= 15 is 0 Å². The van der Waals surface area contributed by atoms with E-state index in [-0.39, 0.29) is 11.1 Å². The maximum absolute atomic E-state index is 11.1. The Hall–Kier alpha value is -2.61. The third kappa shape index (κ3) is 3.11. The lowest BCUT2D eigenvalue weighted by molar-refractivity contribution is -0.116. The molecule has 2 rings (SSSR count). The fraction of sp³-hybridized carbons (Fsp3) is 0.312. The van der Waals surface area contributed by atoms with E-state index in [9.17, 15) is 4.79 Å². The van der Waals surface area contributed by atoms with Crippen molar-refractivity contribution in [2.24, 2.45) is 4.99 Å². The smallest absolute Gasteiger partial charge is 0.245 e. The second kappa shape index (κ2) is 6.23. The molecule has 0 bridgehead atoms. The standard InChI is InChI=1S/C16H17N3O2/c1-4-19(5-2)14-7-6-12-8-13(10-17)16(18-11(3)20)21-15(12)9-14/h6-9H,4-5H2,1-3H3. The van der Waals surface area contributed by atoms with E-state index in [4.69, 9.17) is 9.68 Å². The minimum Gasteiger partial charge on any atom is -0.437 e. The predicted molar refractivity (Wildman–Crippen MR) is 80.7 cm³/mol. The molecule has 5 nitrogen and oxygen atoms in total. The van der Waals surface area contributed by atoms with Crippen LogP contribution in [-0.2, 0) is 4.79 Å². The molecule has 108 valence electrons. The SMILES string of the molecule is CCN(CC)c1ccc2cc(C#N)c(=NC(C)=O)oc2c1. The van der Waals surface area contributed by atoms with E-state index in [1.54, 1.807) is 6.07 Å². The molecule has 1 aromatic carbocycles. The van der Waals surface area contributed by atoms with Crippen LogP contribution >= 0.6 is 0 Å². The van der Waals surface area contributed by atoms with Gasteiger partial charge in [0.05, 0.1) is 0 Å². The second-order valence-corrected chi connectivity index (χ2v) is 4.60. The molecule has 0 N–H and O–H groups in total. The molecule has 21 heavy (non-hydrogen) atoms. The maximum atomic E-state index is 11.1. The molecular formula is C16H17N3O2. The van der Waals surface area contributed by atoms with Crippen LogP contribution in [0.3, 0.4) is 0 Å². The molecule has 0 saturated carbocycles. The first-order valence-corrected chi connectivity index (χ1v) is 6.87. The highest BCUT2D eigenvalue weighted by Crippen LogP contribution is 2.21. The first-order chi connectivity index (χ1) is 10.1. The van der Waals surface area contributed by atoms with Crippen LogP contribution < -0.4 is 10.5 Å². The highest BCUT2D eigenvalue weighted by atomic mass is 16.3. The van der Waals surface area contributed by atoms with Gasteiger partial charge >= 0.3 is 0 Å². The zero-order valence-electron chi connectivity index (χ0n) is 12.4. The Kier molecular flexibility index (Phi) is 4.39. The monoisotopic (exact) mass is 283 g/mol. The topological polar surface area (TPSA) is 69.6 Å². The Morgan fingerprint density at radius 2 is 2.05 bits per heavy atom. The number of fused-ring (bicyclic) bond motifs is 1. The van der Waals surface area contributed by atoms with Crippen LogP contribution in [-0.4, -0.2) is 19.0 Å². The average molecular weight is 283 g/mol. The molecule has 2 aromatic rings. The van der Waals surface area contributed by atoms with Crippen LogP contribution in [0.4, 0.5) is 5.69 Å². The van der Waals surface area contributed by atoms with Gasteiger partial charge in [0.1, 0.15) is 17.2 Å². The van der Waals surface area contributed by atoms with Crippen molar-refractivity contribution in [1.82, 2.24) is 0 Å². The Morgan fingerprint density at radius 3 is 2.62 bits per heavy atom. The fourth-order valence-corrected chi connectivity index (χ4v) is 2.20. The second-order valence-electron chi connectivity index (χ2n) is 4.60. The number of anilines is 1. The molecule has 0 aliphatic carbocycles. The molecule has 0 spiro atoms. The number of nitrogens with zero attached hydrogens (tertiary/aromatic N) is 3. The first kappa shape index (κ1) is 14.8. The van der Waals surface area contributed by atoms with Crippen molar-refractivity contribution in [3.05, 3.63) is 35.4 Å². The number of carbonyl (C=O) groups excluding carboxylic acids is 1. The molecule has 1 aromatic heterocycles. The first-order valence-electron chi connectivity index (χ1n) is 6.87. The molecule has 1 amide bonds. The summed E-state index contributed by atoms with van der Waals surface area (Å²) in [6.45, 7) is 7.28. The molecule has 0 aliphatic heterocycles. The zero-order chi connectivity index (χ0) is 15.4. The van der Waals surface area contributed by atoms with Gasteiger partial charge in [0.2, 0.25) is 11.5 Å². The summed E-state index contributed by atoms with van der Waals surface area (Å²) >= 11 is 0. The molecule has 5 heteroatoms. The highest BCUT2D eigenvalue weighted by molar-refractivity contribution is 5.82. The van der Waals surface area contributed by atoms with Gasteiger partial charge < -0.3 is 9.32 Å². The summed E-state index contributed by atoms with van der Waals surface area (Å²) in [4.78, 5) is 17.1. The Labute approximate surface area is 123 Å². The van der Waals surface area contributed by atoms with Gasteiger partial charge in [-0.1, -0.05) is 0 Å². The number of nitriles is 1. The Balaban J connectivity index is 2.68. The molecule has 0 aliphatic rings. The van der Waals surface area contributed by atoms with E-state index < -0.39 is 5.91 Å². The largest absolute Gasteiger partial charge is 0.437 e. The number of carbonyl (C=O) groups is 1. The van der Waals surface area contributed by atoms with Crippen molar-refractivity contribution in [2.75, 3.05) is 18.0 Å². The number of rotatable bonds is 3. The zero-order valence-corrected chi connectivity index (χ0v) is 12.4. The van der Waals surface area contributed by atoms with Crippen LogP contribution in [0, 0.1) is 11.3 Å². The summed E-state index contributed by atoms with van der Waals surface area (Å²) in [7, 11) is 0. The van der Waals surface area contributed by atoms with Gasteiger partial charge in [-0.3, -0.25) is 4.79 Å². The molecule has 0 fully saturated rings. The molecule has 1 heterocycles. The van der Waals surface area contributed by atoms with Gasteiger partial charge in [0, 0.05) is 37.2 Å². The average Bonchev–Trinajstić information content (AvgIpc) is 2.47. The minimum atomic E-state index is -0.394. The van der Waals surface area contributed by atoms with E-state index in [2.05, 4.69) is 23.7 Å². The Morgan fingerprint density at radius 1 is 1.33 bits per heavy atom. The van der Waals surface area contributed by atoms with E-state index in [1.165, 1.54) is 6.92 Å². The summed E-state index contributed by atoms with van der Waals surface area (Å²) in [6, 6.07) is 9.50. The van der Waals surface area contributed by atoms with Crippen molar-refractivity contribution in [1.29, 1.82) is 5.26 Å². The van der Waals surface area contributed by atoms with E-state index in [0.717, 1.165) is 24.2 Å². The van der Waals surface area contributed by atoms with Crippen molar-refractivity contribution in [2.45, 2.75) is 20.8 Å². The van der Waals surface area contributed by atoms with E-state index in [1.807, 2.05) is 24.3 Å². The van der Waals surface area contributed by atoms with Crippen molar-refractivity contribution < 1.29 is 9.21 Å². The quantitative estimate of drug-likeness (QED) is 0.868. The normalized spacial score (nSPS) is 11.4. The molecule has 0 unspecified atom stereocenters. The summed E-state index contributed by atoms with van der Waals surface area (Å²) in [6.07, 6.45) is 0. The highest BCUT2D eigenvalue weighted by Gasteiger charge is 2.07. The summed E-state index contributed by atoms with van der Waals surface area (Å²) in [5, 5.41) is 9.93. The number of benzene rings is 1. The minimum absolute atomic E-state index is 0.0641. The lowest BCUT2D eigenvalue weighted by Crippen LogP contribution is -2.21. The molecule has 0 saturated heterocycles.